The van der Waals surface area contributed by atoms with E-state index in [9.17, 15) is 4.79 Å². The molecule has 37 heavy (non-hydrogen) atoms. The average Bonchev–Trinajstić information content (AvgIpc) is 3.61. The first-order valence-corrected chi connectivity index (χ1v) is 13.3. The van der Waals surface area contributed by atoms with Crippen LogP contribution in [0, 0.1) is 30.1 Å². The number of amides is 1. The summed E-state index contributed by atoms with van der Waals surface area (Å²) in [5, 5.41) is 4.95. The maximum absolute atomic E-state index is 13.1. The van der Waals surface area contributed by atoms with Crippen molar-refractivity contribution in [1.82, 2.24) is 19.9 Å². The Morgan fingerprint density at radius 2 is 1.97 bits per heavy atom. The third-order valence-corrected chi connectivity index (χ3v) is 8.33. The SMILES string of the molecule is Cc1ncc(C#Cc2ccc(C3CCOCC3)cn2)c2cc(NC(=O)[C@H]3C[C@]34CCCN(C)C4)ncc12. The molecule has 7 heteroatoms. The van der Waals surface area contributed by atoms with Crippen molar-refractivity contribution in [3.8, 4) is 11.8 Å². The normalized spacial score (nSPS) is 24.0. The number of carbonyl (C=O) groups excluding carboxylic acids is 1. The van der Waals surface area contributed by atoms with E-state index in [1.165, 1.54) is 5.56 Å². The fraction of sp³-hybridized carbons (Fsp3) is 0.467. The van der Waals surface area contributed by atoms with Gasteiger partial charge >= 0.3 is 0 Å². The van der Waals surface area contributed by atoms with E-state index < -0.39 is 0 Å². The number of carbonyl (C=O) groups is 1. The van der Waals surface area contributed by atoms with E-state index in [0.717, 1.165) is 86.1 Å². The van der Waals surface area contributed by atoms with Gasteiger partial charge in [0.1, 0.15) is 11.5 Å². The first kappa shape index (κ1) is 24.0. The highest BCUT2D eigenvalue weighted by Gasteiger charge is 2.58. The Morgan fingerprint density at radius 1 is 1.11 bits per heavy atom. The van der Waals surface area contributed by atoms with Gasteiger partial charge < -0.3 is 15.0 Å². The molecule has 0 unspecified atom stereocenters. The van der Waals surface area contributed by atoms with E-state index in [-0.39, 0.29) is 17.2 Å². The number of anilines is 1. The fourth-order valence-corrected chi connectivity index (χ4v) is 6.10. The highest BCUT2D eigenvalue weighted by molar-refractivity contribution is 5.97. The second kappa shape index (κ2) is 9.85. The van der Waals surface area contributed by atoms with E-state index in [4.69, 9.17) is 4.74 Å². The van der Waals surface area contributed by atoms with Crippen LogP contribution >= 0.6 is 0 Å². The number of nitrogens with zero attached hydrogens (tertiary/aromatic N) is 4. The molecule has 2 saturated heterocycles. The highest BCUT2D eigenvalue weighted by atomic mass is 16.5. The van der Waals surface area contributed by atoms with Crippen molar-refractivity contribution in [2.45, 2.75) is 44.9 Å². The number of pyridine rings is 3. The van der Waals surface area contributed by atoms with Crippen LogP contribution in [0.5, 0.6) is 0 Å². The van der Waals surface area contributed by atoms with Crippen LogP contribution in [-0.4, -0.2) is 59.1 Å². The molecule has 3 aromatic rings. The monoisotopic (exact) mass is 495 g/mol. The largest absolute Gasteiger partial charge is 0.381 e. The summed E-state index contributed by atoms with van der Waals surface area (Å²) in [6.45, 7) is 5.72. The molecule has 0 bridgehead atoms. The third kappa shape index (κ3) is 4.96. The van der Waals surface area contributed by atoms with Crippen molar-refractivity contribution in [3.63, 3.8) is 0 Å². The van der Waals surface area contributed by atoms with Gasteiger partial charge in [0.05, 0.1) is 5.56 Å². The predicted molar refractivity (Wildman–Crippen MR) is 143 cm³/mol. The lowest BCUT2D eigenvalue weighted by atomic mass is 9.92. The molecule has 1 amide bonds. The van der Waals surface area contributed by atoms with Crippen LogP contribution in [0.2, 0.25) is 0 Å². The minimum atomic E-state index is 0.0707. The van der Waals surface area contributed by atoms with Crippen LogP contribution in [0.4, 0.5) is 5.82 Å². The summed E-state index contributed by atoms with van der Waals surface area (Å²) >= 11 is 0. The zero-order chi connectivity index (χ0) is 25.4. The molecule has 0 radical (unpaired) electrons. The number of aryl methyl sites for hydroxylation is 1. The summed E-state index contributed by atoms with van der Waals surface area (Å²) in [4.78, 5) is 29.1. The Kier molecular flexibility index (Phi) is 6.39. The van der Waals surface area contributed by atoms with Gasteiger partial charge in [0.25, 0.3) is 0 Å². The molecule has 2 aliphatic heterocycles. The molecule has 2 atom stereocenters. The number of fused-ring (bicyclic) bond motifs is 1. The van der Waals surface area contributed by atoms with E-state index in [1.54, 1.807) is 12.4 Å². The molecule has 3 aromatic heterocycles. The Hall–Kier alpha value is -3.34. The average molecular weight is 496 g/mol. The standard InChI is InChI=1S/C30H33N5O2/c1-20-26-18-33-28(34-29(36)27-15-30(27)10-3-11-35(2)19-30)14-25(26)23(17-31-20)5-7-24-6-4-22(16-32-24)21-8-12-37-13-9-21/h4,6,14,16-18,21,27H,3,8-13,15,19H2,1-2H3,(H,33,34,36)/t27-,30+/m1/s1. The Balaban J connectivity index is 1.21. The van der Waals surface area contributed by atoms with Gasteiger partial charge in [-0.3, -0.25) is 9.78 Å². The summed E-state index contributed by atoms with van der Waals surface area (Å²) in [7, 11) is 2.15. The molecule has 0 aromatic carbocycles. The van der Waals surface area contributed by atoms with Crippen molar-refractivity contribution in [1.29, 1.82) is 0 Å². The number of hydrogen-bond donors (Lipinski definition) is 1. The first-order valence-electron chi connectivity index (χ1n) is 13.3. The van der Waals surface area contributed by atoms with Crippen molar-refractivity contribution in [2.75, 3.05) is 38.7 Å². The molecule has 1 saturated carbocycles. The number of aromatic nitrogens is 3. The molecule has 7 nitrogen and oxygen atoms in total. The van der Waals surface area contributed by atoms with Crippen LogP contribution in [0.15, 0.2) is 36.8 Å². The van der Waals surface area contributed by atoms with Crippen LogP contribution in [0.3, 0.4) is 0 Å². The van der Waals surface area contributed by atoms with Crippen molar-refractivity contribution < 1.29 is 9.53 Å². The lowest BCUT2D eigenvalue weighted by molar-refractivity contribution is -0.118. The summed E-state index contributed by atoms with van der Waals surface area (Å²) in [6, 6.07) is 6.05. The van der Waals surface area contributed by atoms with E-state index in [2.05, 4.69) is 50.1 Å². The van der Waals surface area contributed by atoms with Gasteiger partial charge in [-0.2, -0.15) is 0 Å². The number of hydrogen-bond acceptors (Lipinski definition) is 6. The smallest absolute Gasteiger partial charge is 0.229 e. The van der Waals surface area contributed by atoms with Crippen LogP contribution in [-0.2, 0) is 9.53 Å². The number of likely N-dealkylation sites (tertiary alicyclic amines) is 1. The van der Waals surface area contributed by atoms with Crippen LogP contribution in [0.25, 0.3) is 10.8 Å². The second-order valence-corrected chi connectivity index (χ2v) is 10.9. The zero-order valence-electron chi connectivity index (χ0n) is 21.6. The second-order valence-electron chi connectivity index (χ2n) is 10.9. The molecular weight excluding hydrogens is 462 g/mol. The van der Waals surface area contributed by atoms with E-state index >= 15 is 0 Å². The van der Waals surface area contributed by atoms with Crippen LogP contribution < -0.4 is 5.32 Å². The van der Waals surface area contributed by atoms with Gasteiger partial charge in [-0.15, -0.1) is 0 Å². The van der Waals surface area contributed by atoms with Crippen molar-refractivity contribution in [2.24, 2.45) is 11.3 Å². The fourth-order valence-electron chi connectivity index (χ4n) is 6.10. The molecule has 3 fully saturated rings. The minimum Gasteiger partial charge on any atom is -0.381 e. The summed E-state index contributed by atoms with van der Waals surface area (Å²) in [5.74, 6) is 7.68. The summed E-state index contributed by atoms with van der Waals surface area (Å²) < 4.78 is 5.47. The van der Waals surface area contributed by atoms with E-state index in [1.807, 2.05) is 25.3 Å². The van der Waals surface area contributed by atoms with Gasteiger partial charge in [0.2, 0.25) is 5.91 Å². The van der Waals surface area contributed by atoms with Crippen molar-refractivity contribution >= 4 is 22.5 Å². The molecule has 5 heterocycles. The maximum Gasteiger partial charge on any atom is 0.229 e. The molecule has 1 aliphatic carbocycles. The number of nitrogens with one attached hydrogen (secondary N) is 1. The van der Waals surface area contributed by atoms with Gasteiger partial charge in [-0.25, -0.2) is 9.97 Å². The third-order valence-electron chi connectivity index (χ3n) is 8.33. The molecule has 6 rings (SSSR count). The number of ether oxygens (including phenoxy) is 1. The molecule has 190 valence electrons. The molecule has 3 aliphatic rings. The lowest BCUT2D eigenvalue weighted by Gasteiger charge is -2.30. The Labute approximate surface area is 218 Å². The number of piperidine rings is 1. The van der Waals surface area contributed by atoms with Crippen molar-refractivity contribution in [3.05, 3.63) is 59.3 Å². The van der Waals surface area contributed by atoms with Gasteiger partial charge in [0, 0.05) is 60.7 Å². The quantitative estimate of drug-likeness (QED) is 0.546. The maximum atomic E-state index is 13.1. The highest BCUT2D eigenvalue weighted by Crippen LogP contribution is 2.58. The minimum absolute atomic E-state index is 0.0707. The predicted octanol–water partition coefficient (Wildman–Crippen LogP) is 4.30. The van der Waals surface area contributed by atoms with Gasteiger partial charge in [-0.1, -0.05) is 12.0 Å². The first-order chi connectivity index (χ1) is 18.0. The molecular formula is C30H33N5O2. The topological polar surface area (TPSA) is 80.2 Å². The number of rotatable bonds is 3. The summed E-state index contributed by atoms with van der Waals surface area (Å²) in [5.41, 5.74) is 3.81. The van der Waals surface area contributed by atoms with Gasteiger partial charge in [0.15, 0.2) is 0 Å². The van der Waals surface area contributed by atoms with Crippen LogP contribution in [0.1, 0.15) is 60.5 Å². The summed E-state index contributed by atoms with van der Waals surface area (Å²) in [6.07, 6.45) is 10.9. The molecule has 1 spiro atoms. The zero-order valence-corrected chi connectivity index (χ0v) is 21.6. The Bertz CT molecular complexity index is 1390. The lowest BCUT2D eigenvalue weighted by Crippen LogP contribution is -2.35. The van der Waals surface area contributed by atoms with E-state index in [0.29, 0.717) is 11.7 Å². The van der Waals surface area contributed by atoms with Gasteiger partial charge in [-0.05, 0) is 87.6 Å². The Morgan fingerprint density at radius 3 is 2.76 bits per heavy atom. The molecule has 1 N–H and O–H groups in total.